The summed E-state index contributed by atoms with van der Waals surface area (Å²) in [5.74, 6) is 0. The molecule has 7 nitrogen and oxygen atoms in total. The third-order valence-electron chi connectivity index (χ3n) is 3.48. The first kappa shape index (κ1) is 18.1. The molecule has 1 atom stereocenters. The van der Waals surface area contributed by atoms with Crippen molar-refractivity contribution in [3.63, 3.8) is 0 Å². The normalized spacial score (nSPS) is 13.8. The Kier molecular flexibility index (Phi) is 7.30. The molecular formula is C13H26N4O3S. The minimum Gasteiger partial charge on any atom is -0.392 e. The standard InChI is InChI=1S/C13H26N4O3S/c1-4-17(5-2)8-6-7-11(3)16-21(19,20)13-12(10-18)9-14-15-13/h9,11,16,18H,4-8,10H2,1-3H3,(H,14,15). The molecule has 1 rings (SSSR count). The molecule has 21 heavy (non-hydrogen) atoms. The molecular weight excluding hydrogens is 292 g/mol. The van der Waals surface area contributed by atoms with E-state index in [0.29, 0.717) is 0 Å². The van der Waals surface area contributed by atoms with Crippen molar-refractivity contribution in [1.29, 1.82) is 0 Å². The summed E-state index contributed by atoms with van der Waals surface area (Å²) in [6.45, 7) is 8.69. The van der Waals surface area contributed by atoms with Crippen LogP contribution in [0.1, 0.15) is 39.2 Å². The van der Waals surface area contributed by atoms with E-state index in [2.05, 4.69) is 33.7 Å². The molecule has 0 amide bonds. The van der Waals surface area contributed by atoms with E-state index in [1.165, 1.54) is 6.20 Å². The fourth-order valence-corrected chi connectivity index (χ4v) is 3.59. The Labute approximate surface area is 126 Å². The molecule has 1 unspecified atom stereocenters. The number of aromatic nitrogens is 2. The summed E-state index contributed by atoms with van der Waals surface area (Å²) < 4.78 is 27.0. The Morgan fingerprint density at radius 3 is 2.67 bits per heavy atom. The number of hydrogen-bond donors (Lipinski definition) is 3. The SMILES string of the molecule is CCN(CC)CCCC(C)NS(=O)(=O)c1[nH]ncc1CO. The lowest BCUT2D eigenvalue weighted by Crippen LogP contribution is -2.34. The van der Waals surface area contributed by atoms with Crippen molar-refractivity contribution in [1.82, 2.24) is 19.8 Å². The molecule has 0 radical (unpaired) electrons. The summed E-state index contributed by atoms with van der Waals surface area (Å²) in [6, 6.07) is -0.166. The van der Waals surface area contributed by atoms with E-state index in [1.54, 1.807) is 0 Å². The lowest BCUT2D eigenvalue weighted by molar-refractivity contribution is 0.278. The summed E-state index contributed by atoms with van der Waals surface area (Å²) in [4.78, 5) is 2.31. The third-order valence-corrected chi connectivity index (χ3v) is 5.08. The van der Waals surface area contributed by atoms with Crippen molar-refractivity contribution < 1.29 is 13.5 Å². The topological polar surface area (TPSA) is 98.3 Å². The predicted octanol–water partition coefficient (Wildman–Crippen LogP) is 0.691. The summed E-state index contributed by atoms with van der Waals surface area (Å²) in [7, 11) is -3.66. The quantitative estimate of drug-likeness (QED) is 0.589. The van der Waals surface area contributed by atoms with Crippen LogP contribution in [0.4, 0.5) is 0 Å². The Morgan fingerprint density at radius 1 is 1.43 bits per heavy atom. The van der Waals surface area contributed by atoms with Gasteiger partial charge in [0.25, 0.3) is 10.0 Å². The van der Waals surface area contributed by atoms with Gasteiger partial charge in [-0.2, -0.15) is 5.10 Å². The van der Waals surface area contributed by atoms with E-state index < -0.39 is 10.0 Å². The highest BCUT2D eigenvalue weighted by Crippen LogP contribution is 2.13. The van der Waals surface area contributed by atoms with E-state index in [0.717, 1.165) is 32.5 Å². The van der Waals surface area contributed by atoms with Gasteiger partial charge in [-0.1, -0.05) is 13.8 Å². The van der Waals surface area contributed by atoms with Gasteiger partial charge in [-0.05, 0) is 39.4 Å². The van der Waals surface area contributed by atoms with Gasteiger partial charge < -0.3 is 10.0 Å². The van der Waals surface area contributed by atoms with Gasteiger partial charge in [0.05, 0.1) is 12.8 Å². The summed E-state index contributed by atoms with van der Waals surface area (Å²) in [6.07, 6.45) is 3.01. The van der Waals surface area contributed by atoms with Crippen molar-refractivity contribution in [2.75, 3.05) is 19.6 Å². The van der Waals surface area contributed by atoms with E-state index >= 15 is 0 Å². The molecule has 122 valence electrons. The number of rotatable bonds is 10. The third kappa shape index (κ3) is 5.39. The maximum Gasteiger partial charge on any atom is 0.258 e. The highest BCUT2D eigenvalue weighted by atomic mass is 32.2. The number of sulfonamides is 1. The van der Waals surface area contributed by atoms with Gasteiger partial charge in [0.1, 0.15) is 0 Å². The van der Waals surface area contributed by atoms with Crippen LogP contribution < -0.4 is 4.72 Å². The van der Waals surface area contributed by atoms with Crippen molar-refractivity contribution >= 4 is 10.0 Å². The van der Waals surface area contributed by atoms with Crippen LogP contribution in [0.25, 0.3) is 0 Å². The summed E-state index contributed by atoms with van der Waals surface area (Å²) in [5, 5.41) is 15.1. The van der Waals surface area contributed by atoms with Gasteiger partial charge in [-0.25, -0.2) is 13.1 Å². The van der Waals surface area contributed by atoms with Crippen LogP contribution in [0.15, 0.2) is 11.2 Å². The first-order chi connectivity index (χ1) is 9.94. The smallest absolute Gasteiger partial charge is 0.258 e. The highest BCUT2D eigenvalue weighted by Gasteiger charge is 2.22. The fraction of sp³-hybridized carbons (Fsp3) is 0.769. The van der Waals surface area contributed by atoms with E-state index in [1.807, 2.05) is 6.92 Å². The van der Waals surface area contributed by atoms with Crippen molar-refractivity contribution in [3.05, 3.63) is 11.8 Å². The second-order valence-electron chi connectivity index (χ2n) is 5.07. The van der Waals surface area contributed by atoms with Crippen molar-refractivity contribution in [3.8, 4) is 0 Å². The second-order valence-corrected chi connectivity index (χ2v) is 6.72. The zero-order chi connectivity index (χ0) is 15.9. The van der Waals surface area contributed by atoms with Gasteiger partial charge >= 0.3 is 0 Å². The van der Waals surface area contributed by atoms with Gasteiger partial charge in [0.2, 0.25) is 0 Å². The van der Waals surface area contributed by atoms with Gasteiger partial charge in [0.15, 0.2) is 5.03 Å². The van der Waals surface area contributed by atoms with Gasteiger partial charge in [-0.3, -0.25) is 5.10 Å². The van der Waals surface area contributed by atoms with E-state index in [9.17, 15) is 8.42 Å². The number of nitrogens with zero attached hydrogens (tertiary/aromatic N) is 2. The lowest BCUT2D eigenvalue weighted by atomic mass is 10.2. The fourth-order valence-electron chi connectivity index (χ4n) is 2.19. The molecule has 0 bridgehead atoms. The Morgan fingerprint density at radius 2 is 2.10 bits per heavy atom. The van der Waals surface area contributed by atoms with E-state index in [4.69, 9.17) is 5.11 Å². The lowest BCUT2D eigenvalue weighted by Gasteiger charge is -2.19. The molecule has 0 spiro atoms. The Balaban J connectivity index is 2.52. The van der Waals surface area contributed by atoms with Crippen molar-refractivity contribution in [2.24, 2.45) is 0 Å². The van der Waals surface area contributed by atoms with Crippen LogP contribution in [0, 0.1) is 0 Å². The minimum absolute atomic E-state index is 0.0550. The highest BCUT2D eigenvalue weighted by molar-refractivity contribution is 7.89. The monoisotopic (exact) mass is 318 g/mol. The molecule has 0 aliphatic rings. The van der Waals surface area contributed by atoms with E-state index in [-0.39, 0.29) is 23.2 Å². The molecule has 8 heteroatoms. The average molecular weight is 318 g/mol. The molecule has 0 saturated heterocycles. The minimum atomic E-state index is -3.66. The summed E-state index contributed by atoms with van der Waals surface area (Å²) >= 11 is 0. The molecule has 1 heterocycles. The molecule has 1 aromatic heterocycles. The number of aromatic amines is 1. The van der Waals surface area contributed by atoms with Crippen LogP contribution in [0.5, 0.6) is 0 Å². The van der Waals surface area contributed by atoms with Crippen LogP contribution in [-0.4, -0.2) is 54.3 Å². The molecule has 0 aliphatic carbocycles. The number of aliphatic hydroxyl groups excluding tert-OH is 1. The first-order valence-electron chi connectivity index (χ1n) is 7.32. The Bertz CT molecular complexity index is 511. The zero-order valence-electron chi connectivity index (χ0n) is 13.0. The largest absolute Gasteiger partial charge is 0.392 e. The number of aliphatic hydroxyl groups is 1. The van der Waals surface area contributed by atoms with Crippen LogP contribution in [0.2, 0.25) is 0 Å². The van der Waals surface area contributed by atoms with Gasteiger partial charge in [0, 0.05) is 11.6 Å². The van der Waals surface area contributed by atoms with Crippen LogP contribution >= 0.6 is 0 Å². The second kappa shape index (κ2) is 8.47. The van der Waals surface area contributed by atoms with Gasteiger partial charge in [-0.15, -0.1) is 0 Å². The number of nitrogens with one attached hydrogen (secondary N) is 2. The first-order valence-corrected chi connectivity index (χ1v) is 8.80. The maximum atomic E-state index is 12.2. The molecule has 3 N–H and O–H groups in total. The molecule has 1 aromatic rings. The molecule has 0 aliphatic heterocycles. The summed E-state index contributed by atoms with van der Waals surface area (Å²) in [5.41, 5.74) is 0.276. The van der Waals surface area contributed by atoms with Crippen molar-refractivity contribution in [2.45, 2.75) is 51.3 Å². The van der Waals surface area contributed by atoms with Crippen LogP contribution in [-0.2, 0) is 16.6 Å². The Hall–Kier alpha value is -0.960. The maximum absolute atomic E-state index is 12.2. The predicted molar refractivity (Wildman–Crippen MR) is 81.3 cm³/mol. The molecule has 0 fully saturated rings. The van der Waals surface area contributed by atoms with Crippen LogP contribution in [0.3, 0.4) is 0 Å². The molecule has 0 saturated carbocycles. The average Bonchev–Trinajstić information content (AvgIpc) is 2.92. The molecule has 0 aromatic carbocycles. The zero-order valence-corrected chi connectivity index (χ0v) is 13.8. The number of hydrogen-bond acceptors (Lipinski definition) is 5. The number of H-pyrrole nitrogens is 1.